The van der Waals surface area contributed by atoms with Crippen LogP contribution in [-0.4, -0.2) is 37.4 Å². The summed E-state index contributed by atoms with van der Waals surface area (Å²) in [6.07, 6.45) is 0. The van der Waals surface area contributed by atoms with Gasteiger partial charge in [0.25, 0.3) is 11.5 Å². The summed E-state index contributed by atoms with van der Waals surface area (Å²) in [6.45, 7) is 1.92. The summed E-state index contributed by atoms with van der Waals surface area (Å²) in [6, 6.07) is 8.56. The predicted octanol–water partition coefficient (Wildman–Crippen LogP) is 2.68. The Morgan fingerprint density at radius 1 is 1.04 bits per heavy atom. The molecule has 146 valence electrons. The molecule has 0 spiro atoms. The monoisotopic (exact) mass is 404 g/mol. The fourth-order valence-corrected chi connectivity index (χ4v) is 3.35. The lowest BCUT2D eigenvalue weighted by Crippen LogP contribution is -2.36. The molecule has 0 aliphatic rings. The number of carbonyl (C=O) groups is 1. The maximum atomic E-state index is 13.1. The first-order chi connectivity index (χ1) is 13.2. The van der Waals surface area contributed by atoms with Crippen LogP contribution < -0.4 is 10.5 Å². The van der Waals surface area contributed by atoms with E-state index in [1.807, 2.05) is 0 Å². The van der Waals surface area contributed by atoms with Crippen molar-refractivity contribution >= 4 is 34.1 Å². The minimum atomic E-state index is -0.939. The van der Waals surface area contributed by atoms with Gasteiger partial charge in [0.05, 0.1) is 10.4 Å². The number of carbonyl (C=O) groups excluding carboxylic acids is 1. The first kappa shape index (κ1) is 19.4. The smallest absolute Gasteiger partial charge is 0.267 e. The number of amides is 1. The van der Waals surface area contributed by atoms with Crippen molar-refractivity contribution < 1.29 is 25.2 Å². The number of phenols is 3. The molecule has 28 heavy (non-hydrogen) atoms. The summed E-state index contributed by atoms with van der Waals surface area (Å²) in [5.41, 5.74) is -1.28. The van der Waals surface area contributed by atoms with Crippen LogP contribution >= 0.6 is 11.6 Å². The van der Waals surface area contributed by atoms with E-state index in [-0.39, 0.29) is 17.4 Å². The van der Waals surface area contributed by atoms with Gasteiger partial charge in [0.15, 0.2) is 11.5 Å². The zero-order valence-corrected chi connectivity index (χ0v) is 15.7. The van der Waals surface area contributed by atoms with Crippen LogP contribution in [0.1, 0.15) is 17.3 Å². The lowest BCUT2D eigenvalue weighted by molar-refractivity contribution is 0.0984. The number of benzene rings is 2. The van der Waals surface area contributed by atoms with E-state index in [4.69, 9.17) is 11.6 Å². The van der Waals surface area contributed by atoms with Gasteiger partial charge in [-0.2, -0.15) is 0 Å². The molecular weight excluding hydrogens is 388 g/mol. The normalized spacial score (nSPS) is 11.0. The Bertz CT molecular complexity index is 1160. The summed E-state index contributed by atoms with van der Waals surface area (Å²) >= 11 is 6.02. The number of phenolic OH excluding ortho intramolecular Hbond substituents is 3. The average molecular weight is 405 g/mol. The van der Waals surface area contributed by atoms with Crippen LogP contribution in [0.5, 0.6) is 23.0 Å². The van der Waals surface area contributed by atoms with Crippen molar-refractivity contribution in [3.8, 4) is 23.0 Å². The third-order valence-electron chi connectivity index (χ3n) is 4.51. The Hall–Kier alpha value is -3.39. The maximum absolute atomic E-state index is 13.1. The van der Waals surface area contributed by atoms with E-state index < -0.39 is 45.1 Å². The second-order valence-corrected chi connectivity index (χ2v) is 6.43. The molecule has 1 aromatic heterocycles. The van der Waals surface area contributed by atoms with Crippen molar-refractivity contribution in [3.05, 3.63) is 51.3 Å². The zero-order chi connectivity index (χ0) is 20.7. The third kappa shape index (κ3) is 2.69. The lowest BCUT2D eigenvalue weighted by atomic mass is 10.1. The highest BCUT2D eigenvalue weighted by Crippen LogP contribution is 2.49. The fraction of sp³-hybridized carbons (Fsp3) is 0.158. The number of nitrogens with zero attached hydrogens (tertiary/aromatic N) is 2. The van der Waals surface area contributed by atoms with Crippen molar-refractivity contribution in [2.45, 2.75) is 6.92 Å². The van der Waals surface area contributed by atoms with Gasteiger partial charge in [0.2, 0.25) is 5.75 Å². The van der Waals surface area contributed by atoms with Crippen LogP contribution in [0.2, 0.25) is 5.02 Å². The highest BCUT2D eigenvalue weighted by molar-refractivity contribution is 6.38. The van der Waals surface area contributed by atoms with Gasteiger partial charge >= 0.3 is 0 Å². The number of fused-ring (bicyclic) bond motifs is 1. The van der Waals surface area contributed by atoms with E-state index in [0.717, 1.165) is 4.57 Å². The molecule has 0 aliphatic carbocycles. The molecule has 2 aromatic carbocycles. The molecule has 3 rings (SSSR count). The molecule has 1 heterocycles. The van der Waals surface area contributed by atoms with E-state index in [9.17, 15) is 30.0 Å². The molecule has 0 bridgehead atoms. The molecule has 9 heteroatoms. The summed E-state index contributed by atoms with van der Waals surface area (Å²) in [7, 11) is 1.24. The number of aryl methyl sites for hydroxylation is 1. The molecule has 0 saturated carbocycles. The average Bonchev–Trinajstić information content (AvgIpc) is 2.69. The first-order valence-corrected chi connectivity index (χ1v) is 8.65. The molecular formula is C19H17ClN2O6. The summed E-state index contributed by atoms with van der Waals surface area (Å²) < 4.78 is 0.876. The van der Waals surface area contributed by atoms with Gasteiger partial charge < -0.3 is 29.9 Å². The molecule has 8 nitrogen and oxygen atoms in total. The lowest BCUT2D eigenvalue weighted by Gasteiger charge is -2.22. The van der Waals surface area contributed by atoms with E-state index in [0.29, 0.717) is 5.69 Å². The molecule has 0 aliphatic heterocycles. The number of pyridine rings is 1. The van der Waals surface area contributed by atoms with Crippen molar-refractivity contribution in [2.24, 2.45) is 7.05 Å². The third-order valence-corrected chi connectivity index (χ3v) is 4.88. The molecule has 0 saturated heterocycles. The van der Waals surface area contributed by atoms with E-state index in [2.05, 4.69) is 0 Å². The number of aromatic nitrogens is 1. The topological polar surface area (TPSA) is 123 Å². The molecule has 4 N–H and O–H groups in total. The van der Waals surface area contributed by atoms with Crippen molar-refractivity contribution in [1.29, 1.82) is 0 Å². The Kier molecular flexibility index (Phi) is 4.82. The van der Waals surface area contributed by atoms with Gasteiger partial charge in [0, 0.05) is 19.3 Å². The Balaban J connectivity index is 2.37. The van der Waals surface area contributed by atoms with E-state index in [1.165, 1.54) is 11.9 Å². The molecule has 0 fully saturated rings. The summed E-state index contributed by atoms with van der Waals surface area (Å²) in [4.78, 5) is 27.2. The SMILES string of the molecule is CCN(C(=O)c1c(O)c2c(Cl)c(O)c(O)c(O)c2n(C)c1=O)c1ccccc1. The Morgan fingerprint density at radius 3 is 2.21 bits per heavy atom. The van der Waals surface area contributed by atoms with Crippen LogP contribution in [0.4, 0.5) is 5.69 Å². The molecule has 0 unspecified atom stereocenters. The van der Waals surface area contributed by atoms with Gasteiger partial charge in [-0.3, -0.25) is 9.59 Å². The van der Waals surface area contributed by atoms with Gasteiger partial charge in [-0.05, 0) is 19.1 Å². The summed E-state index contributed by atoms with van der Waals surface area (Å²) in [5, 5.41) is 39.7. The number of anilines is 1. The highest BCUT2D eigenvalue weighted by atomic mass is 35.5. The second kappa shape index (κ2) is 6.97. The minimum Gasteiger partial charge on any atom is -0.506 e. The largest absolute Gasteiger partial charge is 0.506 e. The van der Waals surface area contributed by atoms with Gasteiger partial charge in [-0.25, -0.2) is 0 Å². The molecule has 0 atom stereocenters. The number of rotatable bonds is 3. The number of aromatic hydroxyl groups is 4. The van der Waals surface area contributed by atoms with Crippen LogP contribution in [0, 0.1) is 0 Å². The van der Waals surface area contributed by atoms with Gasteiger partial charge in [-0.1, -0.05) is 29.8 Å². The van der Waals surface area contributed by atoms with Crippen LogP contribution in [0.15, 0.2) is 35.1 Å². The van der Waals surface area contributed by atoms with Crippen LogP contribution in [-0.2, 0) is 7.05 Å². The molecule has 1 amide bonds. The van der Waals surface area contributed by atoms with Crippen molar-refractivity contribution in [2.75, 3.05) is 11.4 Å². The Labute approximate surface area is 164 Å². The maximum Gasteiger partial charge on any atom is 0.267 e. The minimum absolute atomic E-state index is 0.212. The zero-order valence-electron chi connectivity index (χ0n) is 15.0. The number of hydrogen-bond acceptors (Lipinski definition) is 6. The molecule has 3 aromatic rings. The van der Waals surface area contributed by atoms with Gasteiger partial charge in [0.1, 0.15) is 16.8 Å². The van der Waals surface area contributed by atoms with Crippen molar-refractivity contribution in [1.82, 2.24) is 4.57 Å². The highest BCUT2D eigenvalue weighted by Gasteiger charge is 2.30. The van der Waals surface area contributed by atoms with Crippen LogP contribution in [0.25, 0.3) is 10.9 Å². The second-order valence-electron chi connectivity index (χ2n) is 6.06. The number of hydrogen-bond donors (Lipinski definition) is 4. The fourth-order valence-electron chi connectivity index (χ4n) is 3.09. The summed E-state index contributed by atoms with van der Waals surface area (Å²) in [5.74, 6) is -4.24. The van der Waals surface area contributed by atoms with Gasteiger partial charge in [-0.15, -0.1) is 0 Å². The van der Waals surface area contributed by atoms with E-state index >= 15 is 0 Å². The Morgan fingerprint density at radius 2 is 1.64 bits per heavy atom. The standard InChI is InChI=1S/C19H17ClN2O6/c1-3-22(9-7-5-4-6-8-9)19(28)11-14(23)10-12(20)15(24)17(26)16(25)13(10)21(2)18(11)27/h4-8,23-26H,3H2,1-2H3. The molecule has 0 radical (unpaired) electrons. The van der Waals surface area contributed by atoms with Crippen molar-refractivity contribution in [3.63, 3.8) is 0 Å². The first-order valence-electron chi connectivity index (χ1n) is 8.27. The van der Waals surface area contributed by atoms with E-state index in [1.54, 1.807) is 37.3 Å². The predicted molar refractivity (Wildman–Crippen MR) is 105 cm³/mol. The quantitative estimate of drug-likeness (QED) is 0.498. The van der Waals surface area contributed by atoms with Crippen LogP contribution in [0.3, 0.4) is 0 Å². The number of para-hydroxylation sites is 1. The number of halogens is 1.